The summed E-state index contributed by atoms with van der Waals surface area (Å²) in [6.45, 7) is 3.49. The van der Waals surface area contributed by atoms with Gasteiger partial charge in [-0.2, -0.15) is 0 Å². The maximum Gasteiger partial charge on any atom is 0.258 e. The Hall–Kier alpha value is -3.51. The van der Waals surface area contributed by atoms with Crippen LogP contribution in [0, 0.1) is 11.2 Å². The molecule has 1 heterocycles. The number of amides is 2. The van der Waals surface area contributed by atoms with Crippen molar-refractivity contribution in [3.05, 3.63) is 94.3 Å². The molecular weight excluding hydrogens is 489 g/mol. The summed E-state index contributed by atoms with van der Waals surface area (Å²) in [5, 5.41) is 2.88. The summed E-state index contributed by atoms with van der Waals surface area (Å²) in [6.07, 6.45) is 5.07. The first-order valence-electron chi connectivity index (χ1n) is 12.7. The highest BCUT2D eigenvalue weighted by Crippen LogP contribution is 2.46. The second-order valence-corrected chi connectivity index (χ2v) is 10.1. The van der Waals surface area contributed by atoms with E-state index in [4.69, 9.17) is 16.6 Å². The van der Waals surface area contributed by atoms with Crippen LogP contribution in [0.5, 0.6) is 0 Å². The number of aliphatic imine (C=N–C) groups is 1. The molecule has 0 bridgehead atoms. The van der Waals surface area contributed by atoms with Gasteiger partial charge in [-0.3, -0.25) is 14.6 Å². The van der Waals surface area contributed by atoms with Gasteiger partial charge in [0.25, 0.3) is 11.8 Å². The van der Waals surface area contributed by atoms with E-state index >= 15 is 0 Å². The Morgan fingerprint density at radius 2 is 1.86 bits per heavy atom. The van der Waals surface area contributed by atoms with Gasteiger partial charge in [0.1, 0.15) is 5.82 Å². The van der Waals surface area contributed by atoms with Crippen LogP contribution >= 0.6 is 11.6 Å². The summed E-state index contributed by atoms with van der Waals surface area (Å²) in [5.41, 5.74) is 4.52. The number of rotatable bonds is 4. The highest BCUT2D eigenvalue weighted by molar-refractivity contribution is 6.34. The molecule has 5 rings (SSSR count). The van der Waals surface area contributed by atoms with Crippen molar-refractivity contribution >= 4 is 40.5 Å². The van der Waals surface area contributed by atoms with Crippen molar-refractivity contribution in [3.8, 4) is 0 Å². The van der Waals surface area contributed by atoms with Crippen LogP contribution in [-0.4, -0.2) is 30.6 Å². The smallest absolute Gasteiger partial charge is 0.258 e. The highest BCUT2D eigenvalue weighted by Gasteiger charge is 2.42. The summed E-state index contributed by atoms with van der Waals surface area (Å²) in [4.78, 5) is 33.0. The third-order valence-corrected chi connectivity index (χ3v) is 7.79. The van der Waals surface area contributed by atoms with Crippen LogP contribution in [0.1, 0.15) is 58.9 Å². The first-order chi connectivity index (χ1) is 17.9. The molecule has 1 atom stereocenters. The van der Waals surface area contributed by atoms with Gasteiger partial charge >= 0.3 is 0 Å². The summed E-state index contributed by atoms with van der Waals surface area (Å²) in [5.74, 6) is -1.14. The van der Waals surface area contributed by atoms with Crippen LogP contribution in [-0.2, 0) is 6.42 Å². The average molecular weight is 518 g/mol. The number of para-hydroxylation sites is 1. The Morgan fingerprint density at radius 3 is 2.65 bits per heavy atom. The third-order valence-electron chi connectivity index (χ3n) is 7.46. The van der Waals surface area contributed by atoms with Crippen LogP contribution in [0.15, 0.2) is 71.7 Å². The average Bonchev–Trinajstić information content (AvgIpc) is 3.19. The van der Waals surface area contributed by atoms with E-state index < -0.39 is 11.7 Å². The number of halogens is 2. The van der Waals surface area contributed by atoms with E-state index in [2.05, 4.69) is 18.3 Å². The highest BCUT2D eigenvalue weighted by atomic mass is 35.5. The van der Waals surface area contributed by atoms with Crippen molar-refractivity contribution in [3.63, 3.8) is 0 Å². The molecule has 1 saturated carbocycles. The molecule has 1 aliphatic heterocycles. The molecule has 1 N–H and O–H groups in total. The molecule has 37 heavy (non-hydrogen) atoms. The molecule has 2 aliphatic rings. The van der Waals surface area contributed by atoms with Gasteiger partial charge in [-0.25, -0.2) is 4.39 Å². The largest absolute Gasteiger partial charge is 0.322 e. The number of benzene rings is 3. The van der Waals surface area contributed by atoms with Gasteiger partial charge in [-0.1, -0.05) is 29.8 Å². The number of carbonyl (C=O) groups is 2. The Labute approximate surface area is 221 Å². The number of hydrogen-bond acceptors (Lipinski definition) is 3. The number of fused-ring (bicyclic) bond motifs is 1. The minimum atomic E-state index is -0.541. The van der Waals surface area contributed by atoms with Crippen molar-refractivity contribution in [2.24, 2.45) is 10.4 Å². The molecule has 190 valence electrons. The lowest BCUT2D eigenvalue weighted by molar-refractivity contribution is 0.0984. The summed E-state index contributed by atoms with van der Waals surface area (Å²) >= 11 is 6.05. The predicted octanol–water partition coefficient (Wildman–Crippen LogP) is 6.96. The van der Waals surface area contributed by atoms with Crippen LogP contribution in [0.2, 0.25) is 5.02 Å². The van der Waals surface area contributed by atoms with E-state index in [-0.39, 0.29) is 21.9 Å². The Balaban J connectivity index is 1.37. The zero-order chi connectivity index (χ0) is 26.0. The van der Waals surface area contributed by atoms with Gasteiger partial charge in [0, 0.05) is 41.2 Å². The number of hydrogen-bond donors (Lipinski definition) is 1. The van der Waals surface area contributed by atoms with Gasteiger partial charge < -0.3 is 10.2 Å². The quantitative estimate of drug-likeness (QED) is 0.407. The van der Waals surface area contributed by atoms with E-state index in [9.17, 15) is 14.0 Å². The molecule has 2 amide bonds. The van der Waals surface area contributed by atoms with Crippen molar-refractivity contribution < 1.29 is 14.0 Å². The summed E-state index contributed by atoms with van der Waals surface area (Å²) < 4.78 is 13.6. The molecule has 5 nitrogen and oxygen atoms in total. The summed E-state index contributed by atoms with van der Waals surface area (Å²) in [7, 11) is 0. The molecule has 7 heteroatoms. The van der Waals surface area contributed by atoms with E-state index in [1.165, 1.54) is 23.4 Å². The second kappa shape index (κ2) is 10.5. The monoisotopic (exact) mass is 517 g/mol. The molecular formula is C30H29ClFN3O2. The fraction of sp³-hybridized carbons (Fsp3) is 0.300. The molecule has 1 aliphatic carbocycles. The van der Waals surface area contributed by atoms with Crippen molar-refractivity contribution in [1.82, 2.24) is 0 Å². The lowest BCUT2D eigenvalue weighted by Crippen LogP contribution is -2.35. The molecule has 1 fully saturated rings. The Bertz CT molecular complexity index is 1370. The van der Waals surface area contributed by atoms with Crippen LogP contribution in [0.3, 0.4) is 0 Å². The second-order valence-electron chi connectivity index (χ2n) is 9.72. The zero-order valence-corrected chi connectivity index (χ0v) is 21.5. The van der Waals surface area contributed by atoms with E-state index in [0.29, 0.717) is 17.8 Å². The zero-order valence-electron chi connectivity index (χ0n) is 20.8. The maximum atomic E-state index is 13.7. The molecule has 0 saturated heterocycles. The fourth-order valence-corrected chi connectivity index (χ4v) is 5.86. The van der Waals surface area contributed by atoms with Crippen molar-refractivity contribution in [2.45, 2.75) is 39.0 Å². The standard InChI is InChI=1S/C30H29ClFN3O2/c1-2-33-27-8-5-15-30(27)16-17-35(26-7-4-3-6-21(26)19-30)29(37)20-9-12-23(13-10-20)34-28(36)24-18-22(32)11-14-25(24)31/h3-4,6-7,9-14,18H,2,5,8,15-17,19H2,1H3,(H,34,36). The van der Waals surface area contributed by atoms with Gasteiger partial charge in [0.15, 0.2) is 0 Å². The van der Waals surface area contributed by atoms with Gasteiger partial charge in [0.05, 0.1) is 10.6 Å². The first kappa shape index (κ1) is 25.2. The minimum Gasteiger partial charge on any atom is -0.322 e. The third kappa shape index (κ3) is 5.03. The molecule has 0 aromatic heterocycles. The molecule has 0 radical (unpaired) electrons. The number of nitrogens with one attached hydrogen (secondary N) is 1. The Morgan fingerprint density at radius 1 is 1.08 bits per heavy atom. The van der Waals surface area contributed by atoms with Crippen LogP contribution in [0.4, 0.5) is 15.8 Å². The number of anilines is 2. The van der Waals surface area contributed by atoms with Gasteiger partial charge in [-0.15, -0.1) is 0 Å². The minimum absolute atomic E-state index is 0.0213. The SMILES string of the molecule is CCN=C1CCCC12CCN(C(=O)c1ccc(NC(=O)c3cc(F)ccc3Cl)cc1)c1ccccc1C2. The Kier molecular flexibility index (Phi) is 7.11. The fourth-order valence-electron chi connectivity index (χ4n) is 5.66. The molecule has 1 spiro atoms. The number of carbonyl (C=O) groups excluding carboxylic acids is 2. The molecule has 3 aromatic rings. The predicted molar refractivity (Wildman–Crippen MR) is 147 cm³/mol. The lowest BCUT2D eigenvalue weighted by Gasteiger charge is -2.29. The summed E-state index contributed by atoms with van der Waals surface area (Å²) in [6, 6.07) is 18.6. The van der Waals surface area contributed by atoms with E-state index in [1.54, 1.807) is 24.3 Å². The van der Waals surface area contributed by atoms with Gasteiger partial charge in [0.2, 0.25) is 0 Å². The van der Waals surface area contributed by atoms with Crippen molar-refractivity contribution in [2.75, 3.05) is 23.3 Å². The molecule has 3 aromatic carbocycles. The topological polar surface area (TPSA) is 61.8 Å². The van der Waals surface area contributed by atoms with E-state index in [0.717, 1.165) is 50.4 Å². The van der Waals surface area contributed by atoms with Crippen molar-refractivity contribution in [1.29, 1.82) is 0 Å². The van der Waals surface area contributed by atoms with Crippen LogP contribution in [0.25, 0.3) is 0 Å². The van der Waals surface area contributed by atoms with E-state index in [1.807, 2.05) is 23.1 Å². The molecule has 1 unspecified atom stereocenters. The lowest BCUT2D eigenvalue weighted by atomic mass is 9.76. The first-order valence-corrected chi connectivity index (χ1v) is 13.1. The maximum absolute atomic E-state index is 13.7. The van der Waals surface area contributed by atoms with Gasteiger partial charge in [-0.05, 0) is 93.1 Å². The van der Waals surface area contributed by atoms with Crippen LogP contribution < -0.4 is 10.2 Å². The number of nitrogens with zero attached hydrogens (tertiary/aromatic N) is 2. The normalized spacial score (nSPS) is 20.1.